The maximum atomic E-state index is 12.5. The molecule has 0 spiro atoms. The van der Waals surface area contributed by atoms with Crippen LogP contribution in [0.1, 0.15) is 219 Å². The molecule has 0 heterocycles. The monoisotopic (exact) mass is 712 g/mol. The second kappa shape index (κ2) is 36.6. The van der Waals surface area contributed by atoms with Gasteiger partial charge in [0.25, 0.3) is 10.1 Å². The van der Waals surface area contributed by atoms with E-state index < -0.39 is 28.0 Å². The predicted molar refractivity (Wildman–Crippen MR) is 212 cm³/mol. The Labute approximate surface area is 304 Å². The summed E-state index contributed by atoms with van der Waals surface area (Å²) in [6.45, 7) is 4.53. The molecule has 0 aromatic carbocycles. The number of aliphatic hydroxyl groups excluding tert-OH is 1. The quantitative estimate of drug-likeness (QED) is 0.0336. The van der Waals surface area contributed by atoms with Crippen molar-refractivity contribution in [2.45, 2.75) is 231 Å². The fourth-order valence-corrected chi connectivity index (χ4v) is 7.20. The van der Waals surface area contributed by atoms with Crippen LogP contribution in [0.4, 0.5) is 0 Å². The second-order valence-corrected chi connectivity index (χ2v) is 16.1. The van der Waals surface area contributed by atoms with E-state index in [0.29, 0.717) is 6.42 Å². The molecular weight excluding hydrogens is 631 g/mol. The van der Waals surface area contributed by atoms with Crippen LogP contribution in [0, 0.1) is 0 Å². The molecule has 2 atom stereocenters. The summed E-state index contributed by atoms with van der Waals surface area (Å²) in [4.78, 5) is 12.5. The van der Waals surface area contributed by atoms with Crippen LogP contribution in [0.3, 0.4) is 0 Å². The van der Waals surface area contributed by atoms with Crippen LogP contribution in [-0.2, 0) is 14.9 Å². The summed E-state index contributed by atoms with van der Waals surface area (Å²) >= 11 is 0. The Balaban J connectivity index is 3.93. The van der Waals surface area contributed by atoms with Gasteiger partial charge in [-0.3, -0.25) is 9.35 Å². The maximum Gasteiger partial charge on any atom is 0.267 e. The van der Waals surface area contributed by atoms with Crippen molar-refractivity contribution in [2.75, 3.05) is 5.75 Å². The van der Waals surface area contributed by atoms with E-state index in [1.54, 1.807) is 0 Å². The number of carbonyl (C=O) groups excluding carboxylic acids is 1. The van der Waals surface area contributed by atoms with Gasteiger partial charge in [-0.05, 0) is 32.1 Å². The van der Waals surface area contributed by atoms with Gasteiger partial charge in [0.2, 0.25) is 5.91 Å². The normalized spacial score (nSPS) is 13.5. The van der Waals surface area contributed by atoms with Crippen molar-refractivity contribution in [3.05, 3.63) is 24.3 Å². The predicted octanol–water partition coefficient (Wildman–Crippen LogP) is 12.4. The number of amides is 1. The highest BCUT2D eigenvalue weighted by Crippen LogP contribution is 2.15. The molecule has 0 aliphatic heterocycles. The number of hydrogen-bond donors (Lipinski definition) is 3. The molecule has 0 saturated heterocycles. The molecule has 0 aliphatic rings. The zero-order chi connectivity index (χ0) is 36.1. The molecule has 0 aliphatic carbocycles. The molecule has 0 aromatic heterocycles. The molecule has 0 radical (unpaired) electrons. The molecule has 3 N–H and O–H groups in total. The topological polar surface area (TPSA) is 104 Å². The Morgan fingerprint density at radius 2 is 0.878 bits per heavy atom. The lowest BCUT2D eigenvalue weighted by Crippen LogP contribution is -2.46. The first-order chi connectivity index (χ1) is 23.8. The minimum Gasteiger partial charge on any atom is -0.387 e. The second-order valence-electron chi connectivity index (χ2n) is 14.6. The van der Waals surface area contributed by atoms with Crippen molar-refractivity contribution >= 4 is 16.0 Å². The molecule has 7 heteroatoms. The highest BCUT2D eigenvalue weighted by molar-refractivity contribution is 7.85. The first-order valence-corrected chi connectivity index (χ1v) is 22.6. The Hall–Kier alpha value is -1.18. The summed E-state index contributed by atoms with van der Waals surface area (Å²) in [6, 6.07) is -1.07. The highest BCUT2D eigenvalue weighted by atomic mass is 32.2. The van der Waals surface area contributed by atoms with Gasteiger partial charge in [0.1, 0.15) is 0 Å². The molecule has 0 aromatic rings. The molecule has 1 amide bonds. The lowest BCUT2D eigenvalue weighted by Gasteiger charge is -2.21. The lowest BCUT2D eigenvalue weighted by atomic mass is 10.0. The van der Waals surface area contributed by atoms with Gasteiger partial charge in [0.05, 0.1) is 17.9 Å². The van der Waals surface area contributed by atoms with Crippen molar-refractivity contribution in [2.24, 2.45) is 0 Å². The van der Waals surface area contributed by atoms with Gasteiger partial charge in [0.15, 0.2) is 0 Å². The maximum absolute atomic E-state index is 12.5. The Morgan fingerprint density at radius 3 is 1.29 bits per heavy atom. The van der Waals surface area contributed by atoms with Crippen LogP contribution in [0.25, 0.3) is 0 Å². The van der Waals surface area contributed by atoms with Gasteiger partial charge >= 0.3 is 0 Å². The number of nitrogens with one attached hydrogen (secondary N) is 1. The number of rotatable bonds is 38. The summed E-state index contributed by atoms with van der Waals surface area (Å²) < 4.78 is 32.5. The van der Waals surface area contributed by atoms with Crippen LogP contribution in [0.5, 0.6) is 0 Å². The molecular formula is C42H81NO5S. The van der Waals surface area contributed by atoms with E-state index in [0.717, 1.165) is 38.5 Å². The first kappa shape index (κ1) is 47.8. The Morgan fingerprint density at radius 1 is 0.531 bits per heavy atom. The van der Waals surface area contributed by atoms with E-state index in [1.807, 2.05) is 6.08 Å². The molecule has 0 rings (SSSR count). The number of unbranched alkanes of at least 4 members (excludes halogenated alkanes) is 28. The smallest absolute Gasteiger partial charge is 0.267 e. The third kappa shape index (κ3) is 37.9. The van der Waals surface area contributed by atoms with Gasteiger partial charge in [-0.15, -0.1) is 0 Å². The molecule has 290 valence electrons. The Bertz CT molecular complexity index is 872. The minimum absolute atomic E-state index is 0.285. The van der Waals surface area contributed by atoms with Crippen LogP contribution in [-0.4, -0.2) is 41.9 Å². The highest BCUT2D eigenvalue weighted by Gasteiger charge is 2.24. The van der Waals surface area contributed by atoms with Crippen LogP contribution >= 0.6 is 0 Å². The summed E-state index contributed by atoms with van der Waals surface area (Å²) in [6.07, 6.45) is 45.9. The van der Waals surface area contributed by atoms with Gasteiger partial charge < -0.3 is 10.4 Å². The van der Waals surface area contributed by atoms with E-state index in [-0.39, 0.29) is 5.91 Å². The van der Waals surface area contributed by atoms with Gasteiger partial charge in [-0.2, -0.15) is 8.42 Å². The lowest BCUT2D eigenvalue weighted by molar-refractivity contribution is -0.122. The van der Waals surface area contributed by atoms with Crippen molar-refractivity contribution in [3.8, 4) is 0 Å². The molecule has 2 unspecified atom stereocenters. The van der Waals surface area contributed by atoms with Crippen molar-refractivity contribution < 1.29 is 22.9 Å². The minimum atomic E-state index is -4.35. The van der Waals surface area contributed by atoms with E-state index in [4.69, 9.17) is 0 Å². The standard InChI is InChI=1S/C42H81NO5S/c1-3-5-7-9-11-13-15-17-19-21-23-25-27-29-31-33-35-37-41(44)40(39-49(46,47)48)43-42(45)38-36-34-32-30-28-26-24-22-20-18-16-14-12-10-8-6-4-2/h27,29,35,37,40-41,44H,3-26,28,30-34,36,38-39H2,1-2H3,(H,43,45)(H,46,47,48)/b29-27+,37-35+. The van der Waals surface area contributed by atoms with E-state index in [9.17, 15) is 22.9 Å². The van der Waals surface area contributed by atoms with E-state index in [1.165, 1.54) is 167 Å². The van der Waals surface area contributed by atoms with Crippen molar-refractivity contribution in [1.29, 1.82) is 0 Å². The molecule has 0 saturated carbocycles. The summed E-state index contributed by atoms with van der Waals surface area (Å²) in [7, 11) is -4.35. The Kier molecular flexibility index (Phi) is 35.7. The summed E-state index contributed by atoms with van der Waals surface area (Å²) in [5.41, 5.74) is 0. The van der Waals surface area contributed by atoms with Crippen LogP contribution in [0.2, 0.25) is 0 Å². The number of aliphatic hydroxyl groups is 1. The third-order valence-electron chi connectivity index (χ3n) is 9.63. The number of carbonyl (C=O) groups is 1. The summed E-state index contributed by atoms with van der Waals surface area (Å²) in [5.74, 6) is -0.991. The molecule has 0 bridgehead atoms. The average Bonchev–Trinajstić information content (AvgIpc) is 3.06. The van der Waals surface area contributed by atoms with Gasteiger partial charge in [-0.25, -0.2) is 0 Å². The fraction of sp³-hybridized carbons (Fsp3) is 0.881. The van der Waals surface area contributed by atoms with Crippen LogP contribution < -0.4 is 5.32 Å². The van der Waals surface area contributed by atoms with Crippen molar-refractivity contribution in [1.82, 2.24) is 5.32 Å². The van der Waals surface area contributed by atoms with E-state index >= 15 is 0 Å². The first-order valence-electron chi connectivity index (χ1n) is 21.0. The average molecular weight is 712 g/mol. The van der Waals surface area contributed by atoms with Gasteiger partial charge in [0, 0.05) is 6.42 Å². The fourth-order valence-electron chi connectivity index (χ4n) is 6.47. The van der Waals surface area contributed by atoms with Gasteiger partial charge in [-0.1, -0.05) is 205 Å². The third-order valence-corrected chi connectivity index (χ3v) is 10.4. The number of allylic oxidation sites excluding steroid dienone is 3. The SMILES string of the molecule is CCCCCCCCCCCCC/C=C/CC/C=C/C(O)C(CS(=O)(=O)O)NC(=O)CCCCCCCCCCCCCCCCCCC. The number of hydrogen-bond acceptors (Lipinski definition) is 4. The molecule has 49 heavy (non-hydrogen) atoms. The van der Waals surface area contributed by atoms with Crippen molar-refractivity contribution in [3.63, 3.8) is 0 Å². The largest absolute Gasteiger partial charge is 0.387 e. The van der Waals surface area contributed by atoms with E-state index in [2.05, 4.69) is 31.3 Å². The zero-order valence-electron chi connectivity index (χ0n) is 32.3. The molecule has 6 nitrogen and oxygen atoms in total. The summed E-state index contributed by atoms with van der Waals surface area (Å²) in [5, 5.41) is 13.2. The molecule has 0 fully saturated rings. The van der Waals surface area contributed by atoms with Crippen LogP contribution in [0.15, 0.2) is 24.3 Å². The zero-order valence-corrected chi connectivity index (χ0v) is 33.1.